The van der Waals surface area contributed by atoms with Gasteiger partial charge in [0.2, 0.25) is 0 Å². The summed E-state index contributed by atoms with van der Waals surface area (Å²) in [6, 6.07) is 12.8. The molecule has 5 heteroatoms. The third-order valence-corrected chi connectivity index (χ3v) is 3.52. The molecule has 0 saturated carbocycles. The Bertz CT molecular complexity index is 683. The molecule has 0 spiro atoms. The Balaban J connectivity index is 1.79. The topological polar surface area (TPSA) is 70.8 Å². The lowest BCUT2D eigenvalue weighted by molar-refractivity contribution is 0.0504. The van der Waals surface area contributed by atoms with Gasteiger partial charge in [-0.1, -0.05) is 24.6 Å². The van der Waals surface area contributed by atoms with Crippen LogP contribution in [0.15, 0.2) is 42.5 Å². The van der Waals surface area contributed by atoms with Gasteiger partial charge in [0.1, 0.15) is 11.5 Å². The first-order valence-corrected chi connectivity index (χ1v) is 8.49. The van der Waals surface area contributed by atoms with Gasteiger partial charge < -0.3 is 19.9 Å². The number of carbonyl (C=O) groups excluding carboxylic acids is 1. The smallest absolute Gasteiger partial charge is 0.338 e. The monoisotopic (exact) mass is 343 g/mol. The van der Waals surface area contributed by atoms with Crippen LogP contribution in [0.3, 0.4) is 0 Å². The Kier molecular flexibility index (Phi) is 7.14. The molecule has 0 aromatic heterocycles. The molecule has 0 amide bonds. The van der Waals surface area contributed by atoms with Gasteiger partial charge in [-0.15, -0.1) is 0 Å². The van der Waals surface area contributed by atoms with Crippen LogP contribution in [0.25, 0.3) is 0 Å². The first-order chi connectivity index (χ1) is 12.1. The summed E-state index contributed by atoms with van der Waals surface area (Å²) in [5, 5.41) is 0. The fourth-order valence-corrected chi connectivity index (χ4v) is 2.13. The maximum Gasteiger partial charge on any atom is 0.338 e. The van der Waals surface area contributed by atoms with Gasteiger partial charge >= 0.3 is 5.97 Å². The lowest BCUT2D eigenvalue weighted by Crippen LogP contribution is -2.09. The van der Waals surface area contributed by atoms with E-state index in [1.807, 2.05) is 38.1 Å². The van der Waals surface area contributed by atoms with Crippen molar-refractivity contribution in [1.82, 2.24) is 0 Å². The standard InChI is InChI=1S/C20H25NO4/c1-3-11-25-20(22)16-7-10-18(21)19(14-16)24-13-4-12-23-17-8-5-15(2)6-9-17/h5-10,14H,3-4,11-13,21H2,1-2H3. The number of esters is 1. The Morgan fingerprint density at radius 2 is 1.72 bits per heavy atom. The second-order valence-electron chi connectivity index (χ2n) is 5.75. The minimum Gasteiger partial charge on any atom is -0.493 e. The van der Waals surface area contributed by atoms with Gasteiger partial charge in [-0.3, -0.25) is 0 Å². The van der Waals surface area contributed by atoms with Crippen molar-refractivity contribution in [3.05, 3.63) is 53.6 Å². The van der Waals surface area contributed by atoms with Crippen LogP contribution < -0.4 is 15.2 Å². The Morgan fingerprint density at radius 3 is 2.44 bits per heavy atom. The molecule has 0 bridgehead atoms. The molecule has 0 unspecified atom stereocenters. The molecule has 0 saturated heterocycles. The van der Waals surface area contributed by atoms with Crippen LogP contribution in [0.5, 0.6) is 11.5 Å². The van der Waals surface area contributed by atoms with E-state index in [9.17, 15) is 4.79 Å². The molecular weight excluding hydrogens is 318 g/mol. The number of ether oxygens (including phenoxy) is 3. The Hall–Kier alpha value is -2.69. The van der Waals surface area contributed by atoms with E-state index in [-0.39, 0.29) is 5.97 Å². The maximum atomic E-state index is 11.9. The SMILES string of the molecule is CCCOC(=O)c1ccc(N)c(OCCCOc2ccc(C)cc2)c1. The first kappa shape index (κ1) is 18.6. The number of carbonyl (C=O) groups is 1. The molecule has 2 N–H and O–H groups in total. The summed E-state index contributed by atoms with van der Waals surface area (Å²) in [4.78, 5) is 11.9. The predicted octanol–water partition coefficient (Wildman–Crippen LogP) is 3.99. The molecular formula is C20H25NO4. The molecule has 2 rings (SSSR count). The zero-order chi connectivity index (χ0) is 18.1. The number of hydrogen-bond acceptors (Lipinski definition) is 5. The maximum absolute atomic E-state index is 11.9. The number of hydrogen-bond donors (Lipinski definition) is 1. The number of benzene rings is 2. The van der Waals surface area contributed by atoms with E-state index in [1.54, 1.807) is 18.2 Å². The normalized spacial score (nSPS) is 10.3. The van der Waals surface area contributed by atoms with Gasteiger partial charge in [0, 0.05) is 6.42 Å². The highest BCUT2D eigenvalue weighted by Gasteiger charge is 2.10. The van der Waals surface area contributed by atoms with Crippen LogP contribution in [-0.2, 0) is 4.74 Å². The summed E-state index contributed by atoms with van der Waals surface area (Å²) in [5.74, 6) is 0.960. The van der Waals surface area contributed by atoms with Gasteiger partial charge in [0.05, 0.1) is 31.1 Å². The number of rotatable bonds is 9. The van der Waals surface area contributed by atoms with E-state index in [0.717, 1.165) is 12.2 Å². The molecule has 2 aromatic rings. The summed E-state index contributed by atoms with van der Waals surface area (Å²) in [5.41, 5.74) is 8.03. The van der Waals surface area contributed by atoms with Crippen LogP contribution in [0.4, 0.5) is 5.69 Å². The molecule has 0 fully saturated rings. The molecule has 134 valence electrons. The molecule has 25 heavy (non-hydrogen) atoms. The number of aryl methyl sites for hydroxylation is 1. The fraction of sp³-hybridized carbons (Fsp3) is 0.350. The average molecular weight is 343 g/mol. The van der Waals surface area contributed by atoms with E-state index in [4.69, 9.17) is 19.9 Å². The zero-order valence-electron chi connectivity index (χ0n) is 14.8. The lowest BCUT2D eigenvalue weighted by Gasteiger charge is -2.11. The highest BCUT2D eigenvalue weighted by molar-refractivity contribution is 5.90. The molecule has 0 heterocycles. The lowest BCUT2D eigenvalue weighted by atomic mass is 10.2. The number of anilines is 1. The minimum absolute atomic E-state index is 0.366. The van der Waals surface area contributed by atoms with E-state index < -0.39 is 0 Å². The molecule has 0 aliphatic heterocycles. The van der Waals surface area contributed by atoms with E-state index in [1.165, 1.54) is 5.56 Å². The van der Waals surface area contributed by atoms with Crippen LogP contribution in [-0.4, -0.2) is 25.8 Å². The molecule has 5 nitrogen and oxygen atoms in total. The zero-order valence-corrected chi connectivity index (χ0v) is 14.8. The molecule has 0 aliphatic rings. The molecule has 2 aromatic carbocycles. The molecule has 0 radical (unpaired) electrons. The van der Waals surface area contributed by atoms with E-state index >= 15 is 0 Å². The van der Waals surface area contributed by atoms with Gasteiger partial charge in [-0.2, -0.15) is 0 Å². The van der Waals surface area contributed by atoms with Crippen molar-refractivity contribution >= 4 is 11.7 Å². The van der Waals surface area contributed by atoms with Crippen molar-refractivity contribution in [3.8, 4) is 11.5 Å². The average Bonchev–Trinajstić information content (AvgIpc) is 2.62. The van der Waals surface area contributed by atoms with Crippen molar-refractivity contribution < 1.29 is 19.0 Å². The predicted molar refractivity (Wildman–Crippen MR) is 98.2 cm³/mol. The van der Waals surface area contributed by atoms with Crippen molar-refractivity contribution in [3.63, 3.8) is 0 Å². The van der Waals surface area contributed by atoms with Crippen molar-refractivity contribution in [2.45, 2.75) is 26.7 Å². The number of nitrogen functional groups attached to an aromatic ring is 1. The summed E-state index contributed by atoms with van der Waals surface area (Å²) < 4.78 is 16.4. The third-order valence-electron chi connectivity index (χ3n) is 3.52. The van der Waals surface area contributed by atoms with Crippen molar-refractivity contribution in [2.75, 3.05) is 25.6 Å². The molecule has 0 aliphatic carbocycles. The minimum atomic E-state index is -0.366. The summed E-state index contributed by atoms with van der Waals surface area (Å²) in [6.45, 7) is 5.37. The van der Waals surface area contributed by atoms with Crippen LogP contribution in [0.2, 0.25) is 0 Å². The fourth-order valence-electron chi connectivity index (χ4n) is 2.13. The largest absolute Gasteiger partial charge is 0.493 e. The van der Waals surface area contributed by atoms with Crippen LogP contribution >= 0.6 is 0 Å². The van der Waals surface area contributed by atoms with Crippen molar-refractivity contribution in [1.29, 1.82) is 0 Å². The summed E-state index contributed by atoms with van der Waals surface area (Å²) in [7, 11) is 0. The second kappa shape index (κ2) is 9.57. The highest BCUT2D eigenvalue weighted by Crippen LogP contribution is 2.23. The van der Waals surface area contributed by atoms with Crippen LogP contribution in [0, 0.1) is 6.92 Å². The molecule has 0 atom stereocenters. The van der Waals surface area contributed by atoms with E-state index in [0.29, 0.717) is 43.2 Å². The van der Waals surface area contributed by atoms with Gasteiger partial charge in [-0.05, 0) is 43.7 Å². The van der Waals surface area contributed by atoms with Gasteiger partial charge in [0.15, 0.2) is 0 Å². The van der Waals surface area contributed by atoms with Gasteiger partial charge in [0.25, 0.3) is 0 Å². The van der Waals surface area contributed by atoms with Gasteiger partial charge in [-0.25, -0.2) is 4.79 Å². The van der Waals surface area contributed by atoms with Crippen LogP contribution in [0.1, 0.15) is 35.7 Å². The Morgan fingerprint density at radius 1 is 1.00 bits per heavy atom. The number of nitrogens with two attached hydrogens (primary N) is 1. The first-order valence-electron chi connectivity index (χ1n) is 8.49. The summed E-state index contributed by atoms with van der Waals surface area (Å²) >= 11 is 0. The second-order valence-corrected chi connectivity index (χ2v) is 5.75. The quantitative estimate of drug-likeness (QED) is 0.423. The van der Waals surface area contributed by atoms with Crippen molar-refractivity contribution in [2.24, 2.45) is 0 Å². The highest BCUT2D eigenvalue weighted by atomic mass is 16.5. The Labute approximate surface area is 148 Å². The third kappa shape index (κ3) is 6.03. The van der Waals surface area contributed by atoms with E-state index in [2.05, 4.69) is 0 Å². The summed E-state index contributed by atoms with van der Waals surface area (Å²) in [6.07, 6.45) is 1.49.